The minimum Gasteiger partial charge on any atom is -0.362 e. The lowest BCUT2D eigenvalue weighted by Crippen LogP contribution is -2.40. The van der Waals surface area contributed by atoms with Crippen LogP contribution < -0.4 is 14.9 Å². The lowest BCUT2D eigenvalue weighted by molar-refractivity contribution is 0.0984. The summed E-state index contributed by atoms with van der Waals surface area (Å²) in [5.41, 5.74) is 1.46. The van der Waals surface area contributed by atoms with Crippen LogP contribution in [0.3, 0.4) is 0 Å². The van der Waals surface area contributed by atoms with Gasteiger partial charge in [0, 0.05) is 30.2 Å². The molecule has 1 amide bonds. The summed E-state index contributed by atoms with van der Waals surface area (Å²) in [5, 5.41) is 4.30. The van der Waals surface area contributed by atoms with Gasteiger partial charge in [-0.3, -0.25) is 14.5 Å². The predicted octanol–water partition coefficient (Wildman–Crippen LogP) is 5.62. The van der Waals surface area contributed by atoms with Crippen LogP contribution in [0.4, 0.5) is 11.6 Å². The molecule has 2 aliphatic rings. The standard InChI is InChI=1S/C25H27BrN6OS/c1-25(2)14-16-9-11-19(18-6-3-4-13-27-18)28-21-7-5-8-22(30-21)34-31-24(33)17-10-12-20(26)29-23(17)32(25)15-16/h3-8,10,12-13,16,19H,9,11,14-15H2,1-2H3,(H,28,30)(H,31,33)/t16-,19+/m0/s1. The number of carbonyl (C=O) groups is 1. The van der Waals surface area contributed by atoms with Crippen LogP contribution in [0.1, 0.15) is 55.2 Å². The van der Waals surface area contributed by atoms with Crippen molar-refractivity contribution < 1.29 is 4.79 Å². The lowest BCUT2D eigenvalue weighted by atomic mass is 9.91. The number of amides is 1. The molecule has 7 nitrogen and oxygen atoms in total. The summed E-state index contributed by atoms with van der Waals surface area (Å²) in [5.74, 6) is 1.78. The van der Waals surface area contributed by atoms with Gasteiger partial charge in [0.15, 0.2) is 0 Å². The van der Waals surface area contributed by atoms with Gasteiger partial charge in [-0.05, 0) is 91.4 Å². The number of rotatable bonds is 1. The zero-order valence-corrected chi connectivity index (χ0v) is 21.6. The number of pyridine rings is 3. The Bertz CT molecular complexity index is 1190. The highest BCUT2D eigenvalue weighted by Crippen LogP contribution is 2.41. The molecule has 0 aliphatic carbocycles. The molecule has 176 valence electrons. The molecule has 5 heterocycles. The van der Waals surface area contributed by atoms with Crippen molar-refractivity contribution in [3.05, 3.63) is 70.6 Å². The molecule has 5 rings (SSSR count). The Morgan fingerprint density at radius 2 is 1.97 bits per heavy atom. The molecule has 4 bridgehead atoms. The Morgan fingerprint density at radius 3 is 2.79 bits per heavy atom. The first-order valence-electron chi connectivity index (χ1n) is 11.4. The maximum atomic E-state index is 13.2. The first-order valence-corrected chi connectivity index (χ1v) is 13.1. The third-order valence-electron chi connectivity index (χ3n) is 6.50. The molecule has 34 heavy (non-hydrogen) atoms. The highest BCUT2D eigenvalue weighted by molar-refractivity contribution is 9.10. The number of fused-ring (bicyclic) bond motifs is 6. The van der Waals surface area contributed by atoms with Crippen molar-refractivity contribution in [2.75, 3.05) is 16.8 Å². The van der Waals surface area contributed by atoms with E-state index in [1.54, 1.807) is 0 Å². The van der Waals surface area contributed by atoms with E-state index in [-0.39, 0.29) is 17.5 Å². The van der Waals surface area contributed by atoms with Gasteiger partial charge in [-0.1, -0.05) is 12.1 Å². The van der Waals surface area contributed by atoms with Gasteiger partial charge in [0.2, 0.25) is 0 Å². The fourth-order valence-electron chi connectivity index (χ4n) is 4.92. The van der Waals surface area contributed by atoms with Crippen LogP contribution >= 0.6 is 27.9 Å². The number of halogens is 1. The normalized spacial score (nSPS) is 22.1. The molecule has 1 fully saturated rings. The number of carbonyl (C=O) groups excluding carboxylic acids is 1. The van der Waals surface area contributed by atoms with Crippen molar-refractivity contribution in [1.29, 1.82) is 0 Å². The van der Waals surface area contributed by atoms with Crippen molar-refractivity contribution in [3.8, 4) is 0 Å². The third kappa shape index (κ3) is 4.90. The lowest BCUT2D eigenvalue weighted by Gasteiger charge is -2.33. The molecule has 1 saturated heterocycles. The van der Waals surface area contributed by atoms with Gasteiger partial charge >= 0.3 is 0 Å². The second-order valence-electron chi connectivity index (χ2n) is 9.42. The molecule has 3 aromatic rings. The number of hydrogen-bond acceptors (Lipinski definition) is 7. The fourth-order valence-corrected chi connectivity index (χ4v) is 5.82. The van der Waals surface area contributed by atoms with Gasteiger partial charge < -0.3 is 10.2 Å². The summed E-state index contributed by atoms with van der Waals surface area (Å²) < 4.78 is 3.68. The first kappa shape index (κ1) is 23.1. The van der Waals surface area contributed by atoms with Crippen molar-refractivity contribution in [1.82, 2.24) is 19.7 Å². The van der Waals surface area contributed by atoms with Crippen LogP contribution in [0.15, 0.2) is 64.4 Å². The van der Waals surface area contributed by atoms with Crippen LogP contribution in [0.2, 0.25) is 0 Å². The smallest absolute Gasteiger partial charge is 0.265 e. The topological polar surface area (TPSA) is 83.0 Å². The Morgan fingerprint density at radius 1 is 1.09 bits per heavy atom. The third-order valence-corrected chi connectivity index (χ3v) is 7.67. The van der Waals surface area contributed by atoms with Crippen molar-refractivity contribution in [3.63, 3.8) is 0 Å². The van der Waals surface area contributed by atoms with Crippen LogP contribution in [0.25, 0.3) is 0 Å². The molecule has 0 saturated carbocycles. The van der Waals surface area contributed by atoms with Crippen molar-refractivity contribution >= 4 is 45.4 Å². The molecular formula is C25H27BrN6OS. The first-order chi connectivity index (χ1) is 16.4. The average molecular weight is 540 g/mol. The van der Waals surface area contributed by atoms with Gasteiger partial charge in [0.25, 0.3) is 5.91 Å². The zero-order valence-electron chi connectivity index (χ0n) is 19.2. The highest BCUT2D eigenvalue weighted by atomic mass is 79.9. The van der Waals surface area contributed by atoms with E-state index in [1.807, 2.05) is 48.7 Å². The van der Waals surface area contributed by atoms with E-state index in [0.29, 0.717) is 16.5 Å². The monoisotopic (exact) mass is 538 g/mol. The number of nitrogens with zero attached hydrogens (tertiary/aromatic N) is 4. The maximum absolute atomic E-state index is 13.2. The zero-order chi connectivity index (χ0) is 23.7. The van der Waals surface area contributed by atoms with Gasteiger partial charge in [0.1, 0.15) is 21.3 Å². The molecule has 2 N–H and O–H groups in total. The molecule has 2 aliphatic heterocycles. The molecule has 3 aromatic heterocycles. The van der Waals surface area contributed by atoms with E-state index in [0.717, 1.165) is 47.7 Å². The van der Waals surface area contributed by atoms with E-state index in [9.17, 15) is 4.79 Å². The highest BCUT2D eigenvalue weighted by Gasteiger charge is 2.40. The van der Waals surface area contributed by atoms with Crippen molar-refractivity contribution in [2.24, 2.45) is 5.92 Å². The summed E-state index contributed by atoms with van der Waals surface area (Å²) in [4.78, 5) is 29.6. The summed E-state index contributed by atoms with van der Waals surface area (Å²) in [6.45, 7) is 5.32. The van der Waals surface area contributed by atoms with Crippen LogP contribution in [0, 0.1) is 5.92 Å². The van der Waals surface area contributed by atoms with E-state index in [2.05, 4.69) is 55.8 Å². The van der Waals surface area contributed by atoms with E-state index < -0.39 is 0 Å². The van der Waals surface area contributed by atoms with Gasteiger partial charge in [0.05, 0.1) is 17.3 Å². The number of nitrogens with one attached hydrogen (secondary N) is 2. The van der Waals surface area contributed by atoms with Gasteiger partial charge in [-0.25, -0.2) is 9.97 Å². The second-order valence-corrected chi connectivity index (χ2v) is 11.1. The average Bonchev–Trinajstić information content (AvgIpc) is 3.14. The Balaban J connectivity index is 1.53. The minimum atomic E-state index is -0.180. The van der Waals surface area contributed by atoms with E-state index in [1.165, 1.54) is 11.9 Å². The molecular weight excluding hydrogens is 512 g/mol. The SMILES string of the molecule is CC1(C)C[C@@H]2CC[C@H](c3ccccn3)Nc3cccc(n3)SNC(=O)c3ccc(Br)nc3N1C2. The molecule has 0 aromatic carbocycles. The van der Waals surface area contributed by atoms with Crippen LogP contribution in [-0.4, -0.2) is 32.9 Å². The summed E-state index contributed by atoms with van der Waals surface area (Å²) in [7, 11) is 0. The van der Waals surface area contributed by atoms with Gasteiger partial charge in [-0.15, -0.1) is 0 Å². The summed E-state index contributed by atoms with van der Waals surface area (Å²) in [6, 6.07) is 15.5. The molecule has 0 radical (unpaired) electrons. The summed E-state index contributed by atoms with van der Waals surface area (Å²) >= 11 is 4.71. The van der Waals surface area contributed by atoms with Crippen LogP contribution in [0.5, 0.6) is 0 Å². The predicted molar refractivity (Wildman–Crippen MR) is 139 cm³/mol. The number of hydrogen-bond donors (Lipinski definition) is 2. The Hall–Kier alpha value is -2.65. The Labute approximate surface area is 212 Å². The second kappa shape index (κ2) is 9.54. The van der Waals surface area contributed by atoms with Gasteiger partial charge in [-0.2, -0.15) is 0 Å². The van der Waals surface area contributed by atoms with E-state index in [4.69, 9.17) is 9.97 Å². The van der Waals surface area contributed by atoms with Crippen molar-refractivity contribution in [2.45, 2.75) is 49.7 Å². The number of aromatic nitrogens is 3. The quantitative estimate of drug-likeness (QED) is 0.307. The maximum Gasteiger partial charge on any atom is 0.265 e. The number of anilines is 2. The largest absolute Gasteiger partial charge is 0.362 e. The molecule has 0 unspecified atom stereocenters. The molecule has 9 heteroatoms. The Kier molecular flexibility index (Phi) is 6.48. The fraction of sp³-hybridized carbons (Fsp3) is 0.360. The molecule has 0 spiro atoms. The minimum absolute atomic E-state index is 0.0467. The molecule has 2 atom stereocenters. The van der Waals surface area contributed by atoms with E-state index >= 15 is 0 Å². The summed E-state index contributed by atoms with van der Waals surface area (Å²) in [6.07, 6.45) is 4.82. The van der Waals surface area contributed by atoms with Crippen LogP contribution in [-0.2, 0) is 0 Å².